The van der Waals surface area contributed by atoms with Crippen LogP contribution < -0.4 is 4.18 Å². The molecule has 0 atom stereocenters. The van der Waals surface area contributed by atoms with Gasteiger partial charge in [0.2, 0.25) is 5.91 Å². The molecule has 30 heavy (non-hydrogen) atoms. The summed E-state index contributed by atoms with van der Waals surface area (Å²) in [6.45, 7) is 0.751. The molecule has 2 aromatic carbocycles. The largest absolute Gasteiger partial charge is 0.467 e. The van der Waals surface area contributed by atoms with Gasteiger partial charge in [-0.05, 0) is 66.9 Å². The van der Waals surface area contributed by atoms with Crippen LogP contribution in [0, 0.1) is 11.7 Å². The predicted molar refractivity (Wildman–Crippen MR) is 106 cm³/mol. The molecule has 1 aliphatic carbocycles. The summed E-state index contributed by atoms with van der Waals surface area (Å²) in [4.78, 5) is 14.2. The first-order valence-electron chi connectivity index (χ1n) is 9.51. The summed E-state index contributed by atoms with van der Waals surface area (Å²) in [7, 11) is -4.06. The van der Waals surface area contributed by atoms with Gasteiger partial charge in [-0.25, -0.2) is 4.39 Å². The van der Waals surface area contributed by atoms with Gasteiger partial charge in [0.25, 0.3) is 0 Å². The van der Waals surface area contributed by atoms with Crippen LogP contribution in [0.15, 0.2) is 76.2 Å². The molecule has 1 amide bonds. The van der Waals surface area contributed by atoms with Crippen LogP contribution >= 0.6 is 0 Å². The van der Waals surface area contributed by atoms with Gasteiger partial charge in [-0.3, -0.25) is 4.79 Å². The molecular weight excluding hydrogens is 409 g/mol. The molecule has 3 aromatic rings. The first kappa shape index (κ1) is 20.2. The Morgan fingerprint density at radius 2 is 1.73 bits per heavy atom. The molecule has 156 valence electrons. The minimum atomic E-state index is -4.06. The SMILES string of the molecule is O=C(C1CC1)N(Cc1ccc(OS(=O)(=O)c2ccc(F)cc2)cc1)Cc1ccco1. The second-order valence-electron chi connectivity index (χ2n) is 7.18. The molecule has 6 nitrogen and oxygen atoms in total. The van der Waals surface area contributed by atoms with E-state index in [0.29, 0.717) is 18.8 Å². The molecule has 0 unspecified atom stereocenters. The van der Waals surface area contributed by atoms with Gasteiger partial charge >= 0.3 is 10.1 Å². The summed E-state index contributed by atoms with van der Waals surface area (Å²) in [6.07, 6.45) is 3.38. The lowest BCUT2D eigenvalue weighted by molar-refractivity contribution is -0.134. The first-order chi connectivity index (χ1) is 14.4. The Balaban J connectivity index is 1.45. The van der Waals surface area contributed by atoms with Crippen molar-refractivity contribution in [3.8, 4) is 5.75 Å². The monoisotopic (exact) mass is 429 g/mol. The third-order valence-electron chi connectivity index (χ3n) is 4.77. The Bertz CT molecular complexity index is 1110. The summed E-state index contributed by atoms with van der Waals surface area (Å²) in [5, 5.41) is 0. The van der Waals surface area contributed by atoms with E-state index in [9.17, 15) is 17.6 Å². The van der Waals surface area contributed by atoms with Crippen molar-refractivity contribution in [1.29, 1.82) is 0 Å². The summed E-state index contributed by atoms with van der Waals surface area (Å²) < 4.78 is 48.1. The number of carbonyl (C=O) groups is 1. The van der Waals surface area contributed by atoms with Crippen LogP contribution in [0.3, 0.4) is 0 Å². The van der Waals surface area contributed by atoms with Crippen LogP contribution in [0.25, 0.3) is 0 Å². The highest BCUT2D eigenvalue weighted by Crippen LogP contribution is 2.32. The third kappa shape index (κ3) is 4.88. The lowest BCUT2D eigenvalue weighted by atomic mass is 10.2. The number of benzene rings is 2. The highest BCUT2D eigenvalue weighted by Gasteiger charge is 2.33. The second-order valence-corrected chi connectivity index (χ2v) is 8.73. The molecule has 1 heterocycles. The first-order valence-corrected chi connectivity index (χ1v) is 10.9. The van der Waals surface area contributed by atoms with Gasteiger partial charge in [0.1, 0.15) is 22.2 Å². The molecule has 1 aromatic heterocycles. The van der Waals surface area contributed by atoms with Gasteiger partial charge in [0.05, 0.1) is 12.8 Å². The number of nitrogens with zero attached hydrogens (tertiary/aromatic N) is 1. The average molecular weight is 429 g/mol. The van der Waals surface area contributed by atoms with Crippen molar-refractivity contribution < 1.29 is 26.2 Å². The molecule has 0 aliphatic heterocycles. The van der Waals surface area contributed by atoms with Crippen molar-refractivity contribution in [2.75, 3.05) is 0 Å². The molecule has 0 spiro atoms. The van der Waals surface area contributed by atoms with Crippen LogP contribution in [0.4, 0.5) is 4.39 Å². The number of carbonyl (C=O) groups excluding carboxylic acids is 1. The third-order valence-corrected chi connectivity index (χ3v) is 6.03. The molecule has 0 N–H and O–H groups in total. The van der Waals surface area contributed by atoms with Crippen LogP contribution in [0.2, 0.25) is 0 Å². The maximum atomic E-state index is 13.0. The van der Waals surface area contributed by atoms with Gasteiger partial charge in [0, 0.05) is 12.5 Å². The number of amides is 1. The Hall–Kier alpha value is -3.13. The molecule has 0 saturated heterocycles. The summed E-state index contributed by atoms with van der Waals surface area (Å²) in [5.41, 5.74) is 0.835. The topological polar surface area (TPSA) is 76.8 Å². The highest BCUT2D eigenvalue weighted by atomic mass is 32.2. The van der Waals surface area contributed by atoms with Gasteiger partial charge in [-0.15, -0.1) is 0 Å². The fourth-order valence-corrected chi connectivity index (χ4v) is 3.97. The zero-order chi connectivity index (χ0) is 21.1. The quantitative estimate of drug-likeness (QED) is 0.504. The number of hydrogen-bond acceptors (Lipinski definition) is 5. The Labute approximate surface area is 174 Å². The molecule has 4 rings (SSSR count). The molecule has 1 fully saturated rings. The van der Waals surface area contributed by atoms with Crippen molar-refractivity contribution in [3.63, 3.8) is 0 Å². The number of furan rings is 1. The minimum Gasteiger partial charge on any atom is -0.467 e. The maximum Gasteiger partial charge on any atom is 0.339 e. The number of rotatable bonds is 8. The van der Waals surface area contributed by atoms with Crippen LogP contribution in [-0.4, -0.2) is 19.2 Å². The van der Waals surface area contributed by atoms with E-state index in [0.717, 1.165) is 42.7 Å². The van der Waals surface area contributed by atoms with Crippen molar-refractivity contribution in [1.82, 2.24) is 4.90 Å². The highest BCUT2D eigenvalue weighted by molar-refractivity contribution is 7.87. The van der Waals surface area contributed by atoms with E-state index in [2.05, 4.69) is 0 Å². The van der Waals surface area contributed by atoms with Crippen molar-refractivity contribution >= 4 is 16.0 Å². The standard InChI is InChI=1S/C22H20FNO5S/c23-18-7-11-21(12-8-18)30(26,27)29-19-9-3-16(4-10-19)14-24(22(25)17-5-6-17)15-20-2-1-13-28-20/h1-4,7-13,17H,5-6,14-15H2. The summed E-state index contributed by atoms with van der Waals surface area (Å²) in [5.74, 6) is 0.468. The van der Waals surface area contributed by atoms with Gasteiger partial charge in [-0.1, -0.05) is 12.1 Å². The Morgan fingerprint density at radius 3 is 2.33 bits per heavy atom. The molecule has 1 aliphatic rings. The molecular formula is C22H20FNO5S. The van der Waals surface area contributed by atoms with E-state index in [4.69, 9.17) is 8.60 Å². The van der Waals surface area contributed by atoms with Crippen LogP contribution in [-0.2, 0) is 28.0 Å². The molecule has 0 radical (unpaired) electrons. The maximum absolute atomic E-state index is 13.0. The number of halogens is 1. The molecule has 1 saturated carbocycles. The van der Waals surface area contributed by atoms with Gasteiger partial charge < -0.3 is 13.5 Å². The molecule has 8 heteroatoms. The van der Waals surface area contributed by atoms with E-state index in [-0.39, 0.29) is 22.5 Å². The van der Waals surface area contributed by atoms with Crippen molar-refractivity contribution in [2.45, 2.75) is 30.8 Å². The van der Waals surface area contributed by atoms with Crippen molar-refractivity contribution in [3.05, 3.63) is 84.1 Å². The van der Waals surface area contributed by atoms with Crippen LogP contribution in [0.1, 0.15) is 24.2 Å². The zero-order valence-electron chi connectivity index (χ0n) is 16.0. The minimum absolute atomic E-state index is 0.0726. The van der Waals surface area contributed by atoms with E-state index >= 15 is 0 Å². The summed E-state index contributed by atoms with van der Waals surface area (Å²) in [6, 6.07) is 14.5. The fourth-order valence-electron chi connectivity index (χ4n) is 3.04. The Kier molecular flexibility index (Phi) is 5.59. The van der Waals surface area contributed by atoms with Crippen molar-refractivity contribution in [2.24, 2.45) is 5.92 Å². The smallest absolute Gasteiger partial charge is 0.339 e. The van der Waals surface area contributed by atoms with E-state index < -0.39 is 15.9 Å². The van der Waals surface area contributed by atoms with Gasteiger partial charge in [0.15, 0.2) is 0 Å². The normalized spacial score (nSPS) is 13.8. The average Bonchev–Trinajstić information content (AvgIpc) is 3.45. The predicted octanol–water partition coefficient (Wildman–Crippen LogP) is 4.13. The van der Waals surface area contributed by atoms with E-state index in [1.807, 2.05) is 6.07 Å². The Morgan fingerprint density at radius 1 is 1.03 bits per heavy atom. The lowest BCUT2D eigenvalue weighted by Crippen LogP contribution is -2.31. The van der Waals surface area contributed by atoms with Gasteiger partial charge in [-0.2, -0.15) is 8.42 Å². The number of hydrogen-bond donors (Lipinski definition) is 0. The van der Waals surface area contributed by atoms with E-state index in [1.165, 1.54) is 12.1 Å². The molecule has 0 bridgehead atoms. The van der Waals surface area contributed by atoms with E-state index in [1.54, 1.807) is 29.4 Å². The summed E-state index contributed by atoms with van der Waals surface area (Å²) >= 11 is 0. The lowest BCUT2D eigenvalue weighted by Gasteiger charge is -2.22. The zero-order valence-corrected chi connectivity index (χ0v) is 16.8. The fraction of sp³-hybridized carbons (Fsp3) is 0.227. The van der Waals surface area contributed by atoms with Crippen LogP contribution in [0.5, 0.6) is 5.75 Å². The second kappa shape index (κ2) is 8.31.